The van der Waals surface area contributed by atoms with Gasteiger partial charge in [-0.05, 0) is 36.8 Å². The van der Waals surface area contributed by atoms with Crippen molar-refractivity contribution in [1.29, 1.82) is 0 Å². The van der Waals surface area contributed by atoms with Crippen molar-refractivity contribution in [3.05, 3.63) is 65.2 Å². The second kappa shape index (κ2) is 5.46. The van der Waals surface area contributed by atoms with Gasteiger partial charge in [-0.15, -0.1) is 4.40 Å². The van der Waals surface area contributed by atoms with E-state index in [0.29, 0.717) is 5.56 Å². The first-order chi connectivity index (χ1) is 10.9. The molecule has 116 valence electrons. The lowest BCUT2D eigenvalue weighted by molar-refractivity contribution is -0.000201. The highest BCUT2D eigenvalue weighted by Crippen LogP contribution is 2.29. The number of benzene rings is 2. The number of hydrogen-bond acceptors (Lipinski definition) is 2. The third-order valence-corrected chi connectivity index (χ3v) is 4.93. The Balaban J connectivity index is 2.16. The summed E-state index contributed by atoms with van der Waals surface area (Å²) >= 11 is 0. The fourth-order valence-electron chi connectivity index (χ4n) is 2.47. The Labute approximate surface area is 134 Å². The van der Waals surface area contributed by atoms with Crippen LogP contribution >= 0.6 is 0 Å². The van der Waals surface area contributed by atoms with Crippen molar-refractivity contribution in [1.82, 2.24) is 0 Å². The minimum Gasteiger partial charge on any atom is -0.361 e. The predicted molar refractivity (Wildman–Crippen MR) is 88.4 cm³/mol. The second-order valence-electron chi connectivity index (χ2n) is 5.23. The Bertz CT molecular complexity index is 959. The monoisotopic (exact) mass is 326 g/mol. The minimum absolute atomic E-state index is 0.0883. The number of anilines is 1. The number of likely N-dealkylation sites (N-methyl/N-ethyl adjacent to an activating group) is 1. The quantitative estimate of drug-likeness (QED) is 0.626. The Morgan fingerprint density at radius 3 is 2.48 bits per heavy atom. The number of aryl methyl sites for hydroxylation is 1. The van der Waals surface area contributed by atoms with Gasteiger partial charge in [0.1, 0.15) is 0 Å². The van der Waals surface area contributed by atoms with Gasteiger partial charge in [0, 0.05) is 7.05 Å². The van der Waals surface area contributed by atoms with E-state index in [-0.39, 0.29) is 16.4 Å². The van der Waals surface area contributed by atoms with Crippen LogP contribution in [0.25, 0.3) is 5.53 Å². The van der Waals surface area contributed by atoms with E-state index in [2.05, 4.69) is 9.19 Å². The largest absolute Gasteiger partial charge is 0.367 e. The summed E-state index contributed by atoms with van der Waals surface area (Å²) in [4.78, 5) is 4.95. The third kappa shape index (κ3) is 2.56. The molecule has 0 aliphatic carbocycles. The summed E-state index contributed by atoms with van der Waals surface area (Å²) in [6, 6.07) is 13.5. The van der Waals surface area contributed by atoms with Crippen LogP contribution in [0.15, 0.2) is 57.8 Å². The lowest BCUT2D eigenvalue weighted by Gasteiger charge is -2.11. The molecule has 0 spiro atoms. The van der Waals surface area contributed by atoms with Gasteiger partial charge >= 0.3 is 5.71 Å². The molecule has 2 aromatic rings. The maximum Gasteiger partial charge on any atom is 0.367 e. The minimum atomic E-state index is -3.89. The van der Waals surface area contributed by atoms with Crippen molar-refractivity contribution in [3.63, 3.8) is 0 Å². The lowest BCUT2D eigenvalue weighted by Crippen LogP contribution is -2.28. The fourth-order valence-corrected chi connectivity index (χ4v) is 3.52. The number of hydrogen-bond donors (Lipinski definition) is 0. The zero-order valence-corrected chi connectivity index (χ0v) is 13.4. The van der Waals surface area contributed by atoms with Crippen LogP contribution in [0.3, 0.4) is 0 Å². The van der Waals surface area contributed by atoms with Crippen molar-refractivity contribution in [3.8, 4) is 0 Å². The van der Waals surface area contributed by atoms with Gasteiger partial charge in [-0.2, -0.15) is 13.2 Å². The van der Waals surface area contributed by atoms with Crippen LogP contribution in [0.5, 0.6) is 0 Å². The number of fused-ring (bicyclic) bond motifs is 1. The van der Waals surface area contributed by atoms with Crippen LogP contribution in [0.4, 0.5) is 5.69 Å². The molecule has 0 fully saturated rings. The molecule has 0 radical (unpaired) electrons. The number of rotatable bonds is 2. The zero-order chi connectivity index (χ0) is 16.6. The Morgan fingerprint density at radius 2 is 1.83 bits per heavy atom. The SMILES string of the molecule is Cc1ccc2c(c1)N(C)C(=NS(=O)(=O)c1ccccc1)C2=[N+]=[N-]. The average Bonchev–Trinajstić information content (AvgIpc) is 2.80. The van der Waals surface area contributed by atoms with Crippen LogP contribution in [0, 0.1) is 6.92 Å². The van der Waals surface area contributed by atoms with Gasteiger partial charge in [-0.25, -0.2) is 0 Å². The summed E-state index contributed by atoms with van der Waals surface area (Å²) in [6.07, 6.45) is 0. The van der Waals surface area contributed by atoms with E-state index in [4.69, 9.17) is 0 Å². The number of amidine groups is 1. The van der Waals surface area contributed by atoms with Gasteiger partial charge in [0.05, 0.1) is 16.1 Å². The van der Waals surface area contributed by atoms with E-state index < -0.39 is 10.0 Å². The van der Waals surface area contributed by atoms with Crippen LogP contribution in [0.1, 0.15) is 11.1 Å². The Morgan fingerprint density at radius 1 is 1.13 bits per heavy atom. The van der Waals surface area contributed by atoms with Crippen molar-refractivity contribution in [2.45, 2.75) is 11.8 Å². The normalized spacial score (nSPS) is 15.7. The number of nitrogens with zero attached hydrogens (tertiary/aromatic N) is 4. The highest BCUT2D eigenvalue weighted by atomic mass is 32.2. The molecule has 0 atom stereocenters. The summed E-state index contributed by atoms with van der Waals surface area (Å²) < 4.78 is 28.8. The molecule has 0 saturated heterocycles. The van der Waals surface area contributed by atoms with E-state index in [9.17, 15) is 13.9 Å². The highest BCUT2D eigenvalue weighted by Gasteiger charge is 2.38. The standard InChI is InChI=1S/C16H14N4O2S/c1-11-8-9-13-14(10-11)20(2)16(15(13)18-17)19-23(21,22)12-6-4-3-5-7-12/h3-10H,1-2H3. The molecular formula is C16H14N4O2S. The van der Waals surface area contributed by atoms with E-state index >= 15 is 0 Å². The molecule has 1 heterocycles. The van der Waals surface area contributed by atoms with Gasteiger partial charge in [-0.1, -0.05) is 24.3 Å². The van der Waals surface area contributed by atoms with Gasteiger partial charge in [0.25, 0.3) is 10.0 Å². The van der Waals surface area contributed by atoms with Crippen LogP contribution in [-0.4, -0.2) is 31.8 Å². The van der Waals surface area contributed by atoms with Gasteiger partial charge < -0.3 is 10.4 Å². The zero-order valence-electron chi connectivity index (χ0n) is 12.6. The van der Waals surface area contributed by atoms with Gasteiger partial charge in [0.2, 0.25) is 5.84 Å². The van der Waals surface area contributed by atoms with Crippen LogP contribution in [-0.2, 0) is 10.0 Å². The molecule has 0 unspecified atom stereocenters. The van der Waals surface area contributed by atoms with Gasteiger partial charge in [-0.3, -0.25) is 0 Å². The first-order valence-corrected chi connectivity index (χ1v) is 8.35. The Kier molecular flexibility index (Phi) is 3.60. The van der Waals surface area contributed by atoms with E-state index in [1.165, 1.54) is 12.1 Å². The summed E-state index contributed by atoms with van der Waals surface area (Å²) in [7, 11) is -2.20. The third-order valence-electron chi connectivity index (χ3n) is 3.65. The molecular weight excluding hydrogens is 312 g/mol. The molecule has 3 rings (SSSR count). The summed E-state index contributed by atoms with van der Waals surface area (Å²) in [6.45, 7) is 1.93. The first kappa shape index (κ1) is 15.1. The molecule has 0 N–H and O–H groups in total. The van der Waals surface area contributed by atoms with Crippen molar-refractivity contribution in [2.75, 3.05) is 11.9 Å². The molecule has 2 aromatic carbocycles. The van der Waals surface area contributed by atoms with Crippen LogP contribution in [0.2, 0.25) is 0 Å². The van der Waals surface area contributed by atoms with Crippen molar-refractivity contribution >= 4 is 27.3 Å². The molecule has 0 saturated carbocycles. The maximum atomic E-state index is 12.5. The topological polar surface area (TPSA) is 86.1 Å². The van der Waals surface area contributed by atoms with Crippen molar-refractivity contribution in [2.24, 2.45) is 4.40 Å². The van der Waals surface area contributed by atoms with E-state index in [1.807, 2.05) is 19.1 Å². The highest BCUT2D eigenvalue weighted by molar-refractivity contribution is 7.90. The summed E-state index contributed by atoms with van der Waals surface area (Å²) in [5.74, 6) is 0.0944. The van der Waals surface area contributed by atoms with E-state index in [0.717, 1.165) is 11.3 Å². The molecule has 23 heavy (non-hydrogen) atoms. The molecule has 7 heteroatoms. The lowest BCUT2D eigenvalue weighted by atomic mass is 10.1. The first-order valence-electron chi connectivity index (χ1n) is 6.91. The average molecular weight is 326 g/mol. The number of sulfonamides is 1. The molecule has 0 aromatic heterocycles. The summed E-state index contributed by atoms with van der Waals surface area (Å²) in [5, 5.41) is 0. The molecule has 1 aliphatic heterocycles. The molecule has 6 nitrogen and oxygen atoms in total. The van der Waals surface area contributed by atoms with Crippen molar-refractivity contribution < 1.29 is 13.2 Å². The van der Waals surface area contributed by atoms with Gasteiger partial charge in [0.15, 0.2) is 0 Å². The maximum absolute atomic E-state index is 12.5. The predicted octanol–water partition coefficient (Wildman–Crippen LogP) is 2.25. The smallest absolute Gasteiger partial charge is 0.361 e. The van der Waals surface area contributed by atoms with E-state index in [1.54, 1.807) is 36.2 Å². The van der Waals surface area contributed by atoms with Crippen LogP contribution < -0.4 is 4.90 Å². The molecule has 0 bridgehead atoms. The second-order valence-corrected chi connectivity index (χ2v) is 6.84. The Hall–Kier alpha value is -2.76. The summed E-state index contributed by atoms with van der Waals surface area (Å²) in [5.41, 5.74) is 11.9. The molecule has 1 aliphatic rings. The fraction of sp³-hybridized carbons (Fsp3) is 0.125. The molecule has 0 amide bonds.